The lowest BCUT2D eigenvalue weighted by Gasteiger charge is -2.32. The molecular formula is C27H30FN5O2. The second-order valence-corrected chi connectivity index (χ2v) is 9.28. The van der Waals surface area contributed by atoms with Crippen LogP contribution in [0.4, 0.5) is 20.8 Å². The minimum absolute atomic E-state index is 0.178. The zero-order chi connectivity index (χ0) is 24.4. The van der Waals surface area contributed by atoms with E-state index < -0.39 is 0 Å². The number of rotatable bonds is 4. The Morgan fingerprint density at radius 1 is 1.00 bits per heavy atom. The van der Waals surface area contributed by atoms with Gasteiger partial charge in [0.15, 0.2) is 0 Å². The molecular weight excluding hydrogens is 445 g/mol. The van der Waals surface area contributed by atoms with Crippen LogP contribution >= 0.6 is 0 Å². The van der Waals surface area contributed by atoms with Gasteiger partial charge in [0.1, 0.15) is 11.6 Å². The van der Waals surface area contributed by atoms with Crippen molar-refractivity contribution >= 4 is 17.7 Å². The van der Waals surface area contributed by atoms with Crippen LogP contribution in [0.25, 0.3) is 0 Å². The Morgan fingerprint density at radius 2 is 1.77 bits per heavy atom. The van der Waals surface area contributed by atoms with Crippen molar-refractivity contribution in [3.05, 3.63) is 70.7 Å². The van der Waals surface area contributed by atoms with Gasteiger partial charge in [-0.1, -0.05) is 17.7 Å². The number of piperidine rings is 1. The van der Waals surface area contributed by atoms with Gasteiger partial charge in [-0.2, -0.15) is 4.98 Å². The summed E-state index contributed by atoms with van der Waals surface area (Å²) in [6.07, 6.45) is 4.05. The Labute approximate surface area is 204 Å². The molecule has 0 atom stereocenters. The summed E-state index contributed by atoms with van der Waals surface area (Å²) in [6.45, 7) is 6.43. The van der Waals surface area contributed by atoms with Crippen molar-refractivity contribution in [1.82, 2.24) is 14.9 Å². The molecule has 2 aromatic carbocycles. The Hall–Kier alpha value is -3.68. The van der Waals surface area contributed by atoms with Gasteiger partial charge in [-0.25, -0.2) is 14.2 Å². The first-order valence-electron chi connectivity index (χ1n) is 12.2. The number of carbonyl (C=O) groups excluding carboxylic acids is 1. The second kappa shape index (κ2) is 9.90. The van der Waals surface area contributed by atoms with E-state index in [0.29, 0.717) is 42.7 Å². The molecule has 0 saturated carbocycles. The van der Waals surface area contributed by atoms with Crippen LogP contribution in [0.15, 0.2) is 42.5 Å². The normalized spacial score (nSPS) is 15.5. The molecule has 182 valence electrons. The summed E-state index contributed by atoms with van der Waals surface area (Å²) in [5.41, 5.74) is 4.07. The number of nitrogens with zero attached hydrogens (tertiary/aromatic N) is 4. The zero-order valence-electron chi connectivity index (χ0n) is 20.2. The van der Waals surface area contributed by atoms with Gasteiger partial charge in [0.25, 0.3) is 0 Å². The first-order chi connectivity index (χ1) is 17.0. The van der Waals surface area contributed by atoms with Crippen LogP contribution in [0.3, 0.4) is 0 Å². The van der Waals surface area contributed by atoms with Crippen molar-refractivity contribution in [1.29, 1.82) is 0 Å². The van der Waals surface area contributed by atoms with Gasteiger partial charge in [0.05, 0.1) is 17.8 Å². The fraction of sp³-hybridized carbons (Fsp3) is 0.370. The molecule has 5 rings (SSSR count). The minimum Gasteiger partial charge on any atom is -0.438 e. The molecule has 3 aromatic rings. The Bertz CT molecular complexity index is 1220. The molecule has 2 amide bonds. The maximum Gasteiger partial charge on any atom is 0.322 e. The van der Waals surface area contributed by atoms with Gasteiger partial charge in [-0.15, -0.1) is 0 Å². The number of halogens is 1. The summed E-state index contributed by atoms with van der Waals surface area (Å²) in [5, 5.41) is 2.97. The molecule has 2 aliphatic heterocycles. The molecule has 7 nitrogen and oxygen atoms in total. The third-order valence-electron chi connectivity index (χ3n) is 6.58. The molecule has 35 heavy (non-hydrogen) atoms. The highest BCUT2D eigenvalue weighted by Crippen LogP contribution is 2.33. The van der Waals surface area contributed by atoms with Crippen LogP contribution in [0.1, 0.15) is 41.6 Å². The van der Waals surface area contributed by atoms with E-state index in [1.165, 1.54) is 12.5 Å². The predicted octanol–water partition coefficient (Wildman–Crippen LogP) is 5.61. The van der Waals surface area contributed by atoms with Gasteiger partial charge >= 0.3 is 6.03 Å². The third-order valence-corrected chi connectivity index (χ3v) is 6.58. The molecule has 1 aromatic heterocycles. The van der Waals surface area contributed by atoms with Crippen molar-refractivity contribution in [3.63, 3.8) is 0 Å². The van der Waals surface area contributed by atoms with Crippen LogP contribution in [0, 0.1) is 19.7 Å². The van der Waals surface area contributed by atoms with Crippen LogP contribution in [0.2, 0.25) is 0 Å². The van der Waals surface area contributed by atoms with E-state index in [9.17, 15) is 9.18 Å². The van der Waals surface area contributed by atoms with E-state index in [-0.39, 0.29) is 11.8 Å². The lowest BCUT2D eigenvalue weighted by atomic mass is 10.1. The number of hydrogen-bond donors (Lipinski definition) is 1. The zero-order valence-corrected chi connectivity index (χ0v) is 20.2. The summed E-state index contributed by atoms with van der Waals surface area (Å²) >= 11 is 0. The lowest BCUT2D eigenvalue weighted by molar-refractivity contribution is 0.205. The highest BCUT2D eigenvalue weighted by molar-refractivity contribution is 5.89. The van der Waals surface area contributed by atoms with Crippen molar-refractivity contribution in [3.8, 4) is 11.6 Å². The topological polar surface area (TPSA) is 70.6 Å². The van der Waals surface area contributed by atoms with Crippen molar-refractivity contribution in [2.24, 2.45) is 0 Å². The van der Waals surface area contributed by atoms with E-state index in [4.69, 9.17) is 14.7 Å². The van der Waals surface area contributed by atoms with E-state index in [0.717, 1.165) is 48.4 Å². The van der Waals surface area contributed by atoms with Crippen LogP contribution < -0.4 is 15.0 Å². The molecule has 0 spiro atoms. The SMILES string of the molecule is Cc1ccc(NC(=O)N2CCc3nc(N4CCCCC4)nc(Oc4ccc(F)c(C)c4)c3C2)cc1. The van der Waals surface area contributed by atoms with Crippen molar-refractivity contribution < 1.29 is 13.9 Å². The summed E-state index contributed by atoms with van der Waals surface area (Å²) in [5.74, 6) is 1.31. The fourth-order valence-electron chi connectivity index (χ4n) is 4.50. The number of amides is 2. The maximum atomic E-state index is 13.8. The molecule has 2 aliphatic rings. The van der Waals surface area contributed by atoms with Crippen molar-refractivity contribution in [2.45, 2.75) is 46.1 Å². The number of benzene rings is 2. The lowest BCUT2D eigenvalue weighted by Crippen LogP contribution is -2.40. The number of carbonyl (C=O) groups is 1. The number of hydrogen-bond acceptors (Lipinski definition) is 5. The van der Waals surface area contributed by atoms with Crippen molar-refractivity contribution in [2.75, 3.05) is 29.9 Å². The van der Waals surface area contributed by atoms with Crippen LogP contribution in [-0.4, -0.2) is 40.5 Å². The maximum absolute atomic E-state index is 13.8. The largest absolute Gasteiger partial charge is 0.438 e. The van der Waals surface area contributed by atoms with Gasteiger partial charge in [0, 0.05) is 31.7 Å². The Morgan fingerprint density at radius 3 is 2.51 bits per heavy atom. The fourth-order valence-corrected chi connectivity index (χ4v) is 4.50. The van der Waals surface area contributed by atoms with Gasteiger partial charge in [0.2, 0.25) is 11.8 Å². The highest BCUT2D eigenvalue weighted by Gasteiger charge is 2.28. The number of urea groups is 1. The molecule has 1 saturated heterocycles. The van der Waals surface area contributed by atoms with E-state index in [1.807, 2.05) is 31.2 Å². The average Bonchev–Trinajstić information content (AvgIpc) is 2.88. The summed E-state index contributed by atoms with van der Waals surface area (Å²) in [6, 6.07) is 12.2. The first-order valence-corrected chi connectivity index (χ1v) is 12.2. The first kappa shape index (κ1) is 23.1. The van der Waals surface area contributed by atoms with E-state index in [1.54, 1.807) is 24.0 Å². The summed E-state index contributed by atoms with van der Waals surface area (Å²) in [4.78, 5) is 26.6. The van der Waals surface area contributed by atoms with Crippen LogP contribution in [0.5, 0.6) is 11.6 Å². The van der Waals surface area contributed by atoms with Crippen LogP contribution in [-0.2, 0) is 13.0 Å². The summed E-state index contributed by atoms with van der Waals surface area (Å²) < 4.78 is 20.0. The Kier molecular flexibility index (Phi) is 6.53. The van der Waals surface area contributed by atoms with Gasteiger partial charge < -0.3 is 19.9 Å². The van der Waals surface area contributed by atoms with Gasteiger partial charge in [-0.05, 0) is 69.0 Å². The number of ether oxygens (including phenoxy) is 1. The number of aromatic nitrogens is 2. The van der Waals surface area contributed by atoms with Gasteiger partial charge in [-0.3, -0.25) is 0 Å². The molecule has 0 bridgehead atoms. The smallest absolute Gasteiger partial charge is 0.322 e. The number of anilines is 2. The molecule has 1 fully saturated rings. The molecule has 0 aliphatic carbocycles. The Balaban J connectivity index is 1.43. The third kappa shape index (κ3) is 5.21. The second-order valence-electron chi connectivity index (χ2n) is 9.28. The highest BCUT2D eigenvalue weighted by atomic mass is 19.1. The van der Waals surface area contributed by atoms with E-state index in [2.05, 4.69) is 10.2 Å². The molecule has 8 heteroatoms. The number of fused-ring (bicyclic) bond motifs is 1. The minimum atomic E-state index is -0.282. The quantitative estimate of drug-likeness (QED) is 0.532. The molecule has 0 unspecified atom stereocenters. The standard InChI is InChI=1S/C27H30FN5O2/c1-18-6-8-20(9-7-18)29-27(34)33-15-12-24-22(17-33)25(35-21-10-11-23(28)19(2)16-21)31-26(30-24)32-13-4-3-5-14-32/h6-11,16H,3-5,12-15,17H2,1-2H3,(H,29,34). The number of aryl methyl sites for hydroxylation is 2. The van der Waals surface area contributed by atoms with E-state index >= 15 is 0 Å². The summed E-state index contributed by atoms with van der Waals surface area (Å²) in [7, 11) is 0. The predicted molar refractivity (Wildman–Crippen MR) is 134 cm³/mol. The molecule has 3 heterocycles. The average molecular weight is 476 g/mol. The number of nitrogens with one attached hydrogen (secondary N) is 1. The molecule has 1 N–H and O–H groups in total. The monoisotopic (exact) mass is 475 g/mol. The molecule has 0 radical (unpaired) electrons.